The second-order valence-corrected chi connectivity index (χ2v) is 6.66. The lowest BCUT2D eigenvalue weighted by atomic mass is 10.1. The third-order valence-electron chi connectivity index (χ3n) is 3.66. The lowest BCUT2D eigenvalue weighted by Gasteiger charge is -2.16. The zero-order valence-corrected chi connectivity index (χ0v) is 17.2. The number of pyridine rings is 1. The quantitative estimate of drug-likeness (QED) is 0.511. The summed E-state index contributed by atoms with van der Waals surface area (Å²) < 4.78 is 42.1. The van der Waals surface area contributed by atoms with Gasteiger partial charge in [-0.05, 0) is 41.8 Å². The van der Waals surface area contributed by atoms with Crippen LogP contribution in [-0.2, 0) is 21.6 Å². The van der Waals surface area contributed by atoms with Gasteiger partial charge in [-0.15, -0.1) is 0 Å². The van der Waals surface area contributed by atoms with Crippen molar-refractivity contribution in [3.8, 4) is 11.5 Å². The Morgan fingerprint density at radius 2 is 1.83 bits per heavy atom. The molecule has 10 heteroatoms. The average molecular weight is 424 g/mol. The maximum Gasteiger partial charge on any atom is 0.394 e. The first-order chi connectivity index (χ1) is 13.6. The summed E-state index contributed by atoms with van der Waals surface area (Å²) in [6, 6.07) is 9.53. The molecule has 0 aliphatic heterocycles. The summed E-state index contributed by atoms with van der Waals surface area (Å²) in [6.45, 7) is 0.617. The molecule has 0 saturated heterocycles. The molecule has 0 atom stereocenters. The normalized spacial score (nSPS) is 10.8. The molecule has 0 fully saturated rings. The van der Waals surface area contributed by atoms with Gasteiger partial charge in [0.25, 0.3) is 0 Å². The number of aromatic nitrogens is 1. The Hall–Kier alpha value is -2.95. The highest BCUT2D eigenvalue weighted by atomic mass is 32.3. The molecule has 0 radical (unpaired) electrons. The van der Waals surface area contributed by atoms with E-state index in [1.807, 2.05) is 30.3 Å². The summed E-state index contributed by atoms with van der Waals surface area (Å²) in [6.07, 6.45) is 7.49. The number of benzene rings is 1. The van der Waals surface area contributed by atoms with Crippen molar-refractivity contribution in [2.45, 2.75) is 6.42 Å². The van der Waals surface area contributed by atoms with E-state index in [0.717, 1.165) is 17.5 Å². The Morgan fingerprint density at radius 1 is 1.17 bits per heavy atom. The Morgan fingerprint density at radius 3 is 2.38 bits per heavy atom. The number of ether oxygens (including phenoxy) is 2. The van der Waals surface area contributed by atoms with Crippen LogP contribution in [0.25, 0.3) is 6.08 Å². The molecule has 0 unspecified atom stereocenters. The van der Waals surface area contributed by atoms with Crippen molar-refractivity contribution in [3.63, 3.8) is 0 Å². The van der Waals surface area contributed by atoms with Crippen molar-refractivity contribution in [2.24, 2.45) is 0 Å². The fourth-order valence-corrected chi connectivity index (χ4v) is 2.21. The third kappa shape index (κ3) is 10.2. The van der Waals surface area contributed by atoms with Crippen LogP contribution in [-0.4, -0.2) is 61.1 Å². The molecule has 9 nitrogen and oxygen atoms in total. The van der Waals surface area contributed by atoms with Gasteiger partial charge in [-0.3, -0.25) is 18.9 Å². The minimum absolute atomic E-state index is 0.0423. The van der Waals surface area contributed by atoms with Crippen molar-refractivity contribution >= 4 is 22.4 Å². The summed E-state index contributed by atoms with van der Waals surface area (Å²) in [5.74, 6) is 1.35. The number of nitrogens with zero attached hydrogens (tertiary/aromatic N) is 2. The Labute approximate surface area is 170 Å². The standard InChI is InChI=1S/C19H22N2O3.H2O4S/c1-21(19(22)9-7-16-5-4-11-20-14-16)12-10-15-6-8-17(23-2)18(13-15)24-3;1-5(2,3)4/h4-9,11,13-14H,10,12H2,1-3H3;(H2,1,2,3,4)/b9-7+;. The molecule has 0 bridgehead atoms. The van der Waals surface area contributed by atoms with E-state index in [9.17, 15) is 4.79 Å². The SMILES string of the molecule is COc1ccc(CCN(C)C(=O)/C=C/c2cccnc2)cc1OC.O=S(=O)(O)O. The van der Waals surface area contributed by atoms with E-state index in [2.05, 4.69) is 4.98 Å². The molecule has 29 heavy (non-hydrogen) atoms. The highest BCUT2D eigenvalue weighted by Crippen LogP contribution is 2.27. The van der Waals surface area contributed by atoms with E-state index >= 15 is 0 Å². The van der Waals surface area contributed by atoms with Gasteiger partial charge in [-0.2, -0.15) is 8.42 Å². The number of rotatable bonds is 7. The number of carbonyl (C=O) groups is 1. The number of hydrogen-bond acceptors (Lipinski definition) is 6. The van der Waals surface area contributed by atoms with Crippen LogP contribution in [0.4, 0.5) is 0 Å². The molecule has 1 amide bonds. The van der Waals surface area contributed by atoms with Gasteiger partial charge in [0.05, 0.1) is 14.2 Å². The molecule has 0 saturated carbocycles. The lowest BCUT2D eigenvalue weighted by molar-refractivity contribution is -0.124. The third-order valence-corrected chi connectivity index (χ3v) is 3.66. The highest BCUT2D eigenvalue weighted by Gasteiger charge is 2.08. The predicted octanol–water partition coefficient (Wildman–Crippen LogP) is 2.16. The van der Waals surface area contributed by atoms with E-state index in [1.54, 1.807) is 50.7 Å². The number of hydrogen-bond donors (Lipinski definition) is 2. The van der Waals surface area contributed by atoms with Gasteiger partial charge in [-0.1, -0.05) is 12.1 Å². The maximum absolute atomic E-state index is 12.1. The second kappa shape index (κ2) is 11.8. The summed E-state index contributed by atoms with van der Waals surface area (Å²) >= 11 is 0. The highest BCUT2D eigenvalue weighted by molar-refractivity contribution is 7.79. The van der Waals surface area contributed by atoms with Gasteiger partial charge >= 0.3 is 10.4 Å². The van der Waals surface area contributed by atoms with Crippen LogP contribution in [0.5, 0.6) is 11.5 Å². The molecule has 1 aromatic carbocycles. The second-order valence-electron chi connectivity index (χ2n) is 5.77. The first-order valence-corrected chi connectivity index (χ1v) is 9.77. The zero-order valence-electron chi connectivity index (χ0n) is 16.3. The van der Waals surface area contributed by atoms with Crippen LogP contribution < -0.4 is 9.47 Å². The number of amides is 1. The molecule has 2 aromatic rings. The first kappa shape index (κ1) is 24.1. The van der Waals surface area contributed by atoms with E-state index < -0.39 is 10.4 Å². The van der Waals surface area contributed by atoms with Gasteiger partial charge in [0.2, 0.25) is 5.91 Å². The smallest absolute Gasteiger partial charge is 0.394 e. The Balaban J connectivity index is 0.000000749. The number of methoxy groups -OCH3 is 2. The summed E-state index contributed by atoms with van der Waals surface area (Å²) in [7, 11) is 0.343. The number of likely N-dealkylation sites (N-methyl/N-ethyl adjacent to an activating group) is 1. The minimum atomic E-state index is -4.67. The van der Waals surface area contributed by atoms with Gasteiger partial charge in [0, 0.05) is 32.1 Å². The van der Waals surface area contributed by atoms with Gasteiger partial charge in [-0.25, -0.2) is 0 Å². The number of carbonyl (C=O) groups excluding carboxylic acids is 1. The fraction of sp³-hybridized carbons (Fsp3) is 0.263. The Kier molecular flexibility index (Phi) is 9.80. The molecule has 0 aliphatic rings. The lowest BCUT2D eigenvalue weighted by Crippen LogP contribution is -2.27. The van der Waals surface area contributed by atoms with Crippen LogP contribution in [0.2, 0.25) is 0 Å². The molecule has 1 aromatic heterocycles. The fourth-order valence-electron chi connectivity index (χ4n) is 2.21. The minimum Gasteiger partial charge on any atom is -0.493 e. The molecule has 158 valence electrons. The average Bonchev–Trinajstić information content (AvgIpc) is 2.69. The van der Waals surface area contributed by atoms with Crippen molar-refractivity contribution in [1.82, 2.24) is 9.88 Å². The van der Waals surface area contributed by atoms with Crippen LogP contribution in [0.1, 0.15) is 11.1 Å². The topological polar surface area (TPSA) is 126 Å². The zero-order chi connectivity index (χ0) is 21.9. The maximum atomic E-state index is 12.1. The predicted molar refractivity (Wildman–Crippen MR) is 108 cm³/mol. The van der Waals surface area contributed by atoms with Crippen molar-refractivity contribution in [2.75, 3.05) is 27.8 Å². The van der Waals surface area contributed by atoms with Crippen molar-refractivity contribution in [1.29, 1.82) is 0 Å². The van der Waals surface area contributed by atoms with Crippen molar-refractivity contribution in [3.05, 3.63) is 59.9 Å². The monoisotopic (exact) mass is 424 g/mol. The van der Waals surface area contributed by atoms with E-state index in [4.69, 9.17) is 27.0 Å². The first-order valence-electron chi connectivity index (χ1n) is 8.38. The van der Waals surface area contributed by atoms with E-state index in [0.29, 0.717) is 18.0 Å². The van der Waals surface area contributed by atoms with E-state index in [1.165, 1.54) is 0 Å². The van der Waals surface area contributed by atoms with Crippen LogP contribution in [0.3, 0.4) is 0 Å². The molecular weight excluding hydrogens is 400 g/mol. The van der Waals surface area contributed by atoms with Gasteiger partial charge < -0.3 is 14.4 Å². The van der Waals surface area contributed by atoms with Crippen molar-refractivity contribution < 1.29 is 31.8 Å². The molecular formula is C19H24N2O7S. The van der Waals surface area contributed by atoms with Gasteiger partial charge in [0.1, 0.15) is 0 Å². The van der Waals surface area contributed by atoms with Crippen LogP contribution >= 0.6 is 0 Å². The summed E-state index contributed by atoms with van der Waals surface area (Å²) in [4.78, 5) is 17.8. The molecule has 0 spiro atoms. The Bertz CT molecular complexity index is 907. The largest absolute Gasteiger partial charge is 0.493 e. The van der Waals surface area contributed by atoms with Gasteiger partial charge in [0.15, 0.2) is 11.5 Å². The van der Waals surface area contributed by atoms with E-state index in [-0.39, 0.29) is 5.91 Å². The summed E-state index contributed by atoms with van der Waals surface area (Å²) in [5, 5.41) is 0. The molecule has 1 heterocycles. The van der Waals surface area contributed by atoms with Crippen LogP contribution in [0, 0.1) is 0 Å². The molecule has 0 aliphatic carbocycles. The summed E-state index contributed by atoms with van der Waals surface area (Å²) in [5.41, 5.74) is 1.99. The molecule has 2 N–H and O–H groups in total. The van der Waals surface area contributed by atoms with Crippen LogP contribution in [0.15, 0.2) is 48.8 Å². The molecule has 2 rings (SSSR count).